The van der Waals surface area contributed by atoms with Gasteiger partial charge in [0.15, 0.2) is 0 Å². The Bertz CT molecular complexity index is 176. The molecule has 1 heterocycles. The molecule has 0 bridgehead atoms. The van der Waals surface area contributed by atoms with Crippen LogP contribution in [0.15, 0.2) is 0 Å². The average Bonchev–Trinajstić information content (AvgIpc) is 2.18. The van der Waals surface area contributed by atoms with E-state index in [0.717, 1.165) is 32.6 Å². The predicted octanol–water partition coefficient (Wildman–Crippen LogP) is 1.41. The molecule has 1 aliphatic rings. The number of nitrogens with one attached hydrogen (secondary N) is 1. The Morgan fingerprint density at radius 2 is 1.93 bits per heavy atom. The molecule has 15 heavy (non-hydrogen) atoms. The first kappa shape index (κ1) is 12.9. The zero-order valence-corrected chi connectivity index (χ0v) is 10.3. The molecule has 0 aromatic rings. The quantitative estimate of drug-likeness (QED) is 0.728. The smallest absolute Gasteiger partial charge is 0.0687 e. The van der Waals surface area contributed by atoms with Gasteiger partial charge in [-0.05, 0) is 24.2 Å². The summed E-state index contributed by atoms with van der Waals surface area (Å²) in [6.07, 6.45) is 2.02. The van der Waals surface area contributed by atoms with Crippen molar-refractivity contribution in [2.45, 2.75) is 39.7 Å². The molecule has 0 radical (unpaired) electrons. The van der Waals surface area contributed by atoms with Crippen LogP contribution in [0.25, 0.3) is 0 Å². The van der Waals surface area contributed by atoms with Crippen LogP contribution in [0.4, 0.5) is 0 Å². The van der Waals surface area contributed by atoms with Gasteiger partial charge in [-0.15, -0.1) is 0 Å². The van der Waals surface area contributed by atoms with Crippen LogP contribution in [0.5, 0.6) is 0 Å². The van der Waals surface area contributed by atoms with E-state index in [1.807, 2.05) is 13.8 Å². The maximum Gasteiger partial charge on any atom is 0.0687 e. The van der Waals surface area contributed by atoms with Crippen molar-refractivity contribution in [2.75, 3.05) is 26.3 Å². The van der Waals surface area contributed by atoms with E-state index < -0.39 is 0 Å². The standard InChI is InChI=1S/C12H25NO2/c1-10(2)11(14)8-13-9-12(3)4-6-15-7-5-12/h10-11,13-14H,4-9H2,1-3H3. The average molecular weight is 215 g/mol. The zero-order chi connectivity index (χ0) is 11.3. The fourth-order valence-electron chi connectivity index (χ4n) is 1.80. The van der Waals surface area contributed by atoms with Gasteiger partial charge in [-0.3, -0.25) is 0 Å². The van der Waals surface area contributed by atoms with Crippen molar-refractivity contribution in [1.29, 1.82) is 0 Å². The van der Waals surface area contributed by atoms with Crippen molar-refractivity contribution in [2.24, 2.45) is 11.3 Å². The van der Waals surface area contributed by atoms with Crippen LogP contribution in [0.1, 0.15) is 33.6 Å². The lowest BCUT2D eigenvalue weighted by Crippen LogP contribution is -2.40. The van der Waals surface area contributed by atoms with Crippen LogP contribution in [0, 0.1) is 11.3 Å². The number of ether oxygens (including phenoxy) is 1. The summed E-state index contributed by atoms with van der Waals surface area (Å²) in [5.74, 6) is 0.333. The highest BCUT2D eigenvalue weighted by molar-refractivity contribution is 4.80. The van der Waals surface area contributed by atoms with Gasteiger partial charge in [-0.25, -0.2) is 0 Å². The molecule has 0 amide bonds. The summed E-state index contributed by atoms with van der Waals surface area (Å²) in [5, 5.41) is 13.0. The highest BCUT2D eigenvalue weighted by Gasteiger charge is 2.26. The van der Waals surface area contributed by atoms with Gasteiger partial charge in [0.2, 0.25) is 0 Å². The van der Waals surface area contributed by atoms with Crippen molar-refractivity contribution in [3.63, 3.8) is 0 Å². The van der Waals surface area contributed by atoms with Crippen molar-refractivity contribution < 1.29 is 9.84 Å². The third-order valence-electron chi connectivity index (χ3n) is 3.37. The van der Waals surface area contributed by atoms with E-state index in [1.54, 1.807) is 0 Å². The Morgan fingerprint density at radius 1 is 1.33 bits per heavy atom. The molecule has 1 rings (SSSR count). The van der Waals surface area contributed by atoms with Gasteiger partial charge in [-0.1, -0.05) is 20.8 Å². The molecule has 0 aromatic carbocycles. The van der Waals surface area contributed by atoms with Gasteiger partial charge in [0.1, 0.15) is 0 Å². The topological polar surface area (TPSA) is 41.5 Å². The monoisotopic (exact) mass is 215 g/mol. The van der Waals surface area contributed by atoms with Gasteiger partial charge in [0, 0.05) is 26.3 Å². The second kappa shape index (κ2) is 5.83. The van der Waals surface area contributed by atoms with Crippen molar-refractivity contribution in [1.82, 2.24) is 5.32 Å². The number of hydrogen-bond acceptors (Lipinski definition) is 3. The fraction of sp³-hybridized carbons (Fsp3) is 1.00. The number of aliphatic hydroxyl groups is 1. The largest absolute Gasteiger partial charge is 0.392 e. The first-order chi connectivity index (χ1) is 7.03. The Morgan fingerprint density at radius 3 is 2.47 bits per heavy atom. The first-order valence-electron chi connectivity index (χ1n) is 6.00. The van der Waals surface area contributed by atoms with E-state index in [4.69, 9.17) is 4.74 Å². The molecule has 2 N–H and O–H groups in total. The van der Waals surface area contributed by atoms with Crippen molar-refractivity contribution in [3.05, 3.63) is 0 Å². The van der Waals surface area contributed by atoms with E-state index >= 15 is 0 Å². The molecule has 0 aromatic heterocycles. The van der Waals surface area contributed by atoms with Gasteiger partial charge in [-0.2, -0.15) is 0 Å². The molecule has 1 atom stereocenters. The number of hydrogen-bond donors (Lipinski definition) is 2. The molecule has 0 saturated carbocycles. The normalized spacial score (nSPS) is 23.0. The summed E-state index contributed by atoms with van der Waals surface area (Å²) in [4.78, 5) is 0. The van der Waals surface area contributed by atoms with E-state index in [1.165, 1.54) is 0 Å². The van der Waals surface area contributed by atoms with Crippen LogP contribution < -0.4 is 5.32 Å². The molecule has 3 nitrogen and oxygen atoms in total. The first-order valence-corrected chi connectivity index (χ1v) is 6.00. The SMILES string of the molecule is CC(C)C(O)CNCC1(C)CCOCC1. The van der Waals surface area contributed by atoms with Crippen LogP contribution in [-0.4, -0.2) is 37.5 Å². The molecule has 0 spiro atoms. The molecule has 90 valence electrons. The lowest BCUT2D eigenvalue weighted by atomic mass is 9.82. The van der Waals surface area contributed by atoms with Gasteiger partial charge in [0.25, 0.3) is 0 Å². The van der Waals surface area contributed by atoms with Crippen molar-refractivity contribution >= 4 is 0 Å². The lowest BCUT2D eigenvalue weighted by Gasteiger charge is -2.34. The fourth-order valence-corrected chi connectivity index (χ4v) is 1.80. The Labute approximate surface area is 93.2 Å². The van der Waals surface area contributed by atoms with E-state index in [-0.39, 0.29) is 6.10 Å². The summed E-state index contributed by atoms with van der Waals surface area (Å²) in [7, 11) is 0. The molecule has 1 fully saturated rings. The highest BCUT2D eigenvalue weighted by Crippen LogP contribution is 2.28. The van der Waals surface area contributed by atoms with Gasteiger partial charge in [0.05, 0.1) is 6.10 Å². The Kier molecular flexibility index (Phi) is 5.03. The summed E-state index contributed by atoms with van der Waals surface area (Å²) < 4.78 is 5.35. The predicted molar refractivity (Wildman–Crippen MR) is 61.9 cm³/mol. The van der Waals surface area contributed by atoms with Crippen LogP contribution in [0.2, 0.25) is 0 Å². The number of rotatable bonds is 5. The summed E-state index contributed by atoms with van der Waals surface area (Å²) in [6, 6.07) is 0. The molecule has 1 aliphatic heterocycles. The minimum absolute atomic E-state index is 0.228. The van der Waals surface area contributed by atoms with Crippen molar-refractivity contribution in [3.8, 4) is 0 Å². The number of aliphatic hydroxyl groups excluding tert-OH is 1. The van der Waals surface area contributed by atoms with Crippen LogP contribution in [0.3, 0.4) is 0 Å². The second-order valence-electron chi connectivity index (χ2n) is 5.37. The van der Waals surface area contributed by atoms with E-state index in [2.05, 4.69) is 12.2 Å². The maximum absolute atomic E-state index is 9.65. The summed E-state index contributed by atoms with van der Waals surface area (Å²) in [5.41, 5.74) is 0.356. The van der Waals surface area contributed by atoms with Gasteiger partial charge < -0.3 is 15.2 Å². The van der Waals surface area contributed by atoms with Crippen LogP contribution in [-0.2, 0) is 4.74 Å². The third kappa shape index (κ3) is 4.49. The van der Waals surface area contributed by atoms with E-state index in [9.17, 15) is 5.11 Å². The Balaban J connectivity index is 2.18. The maximum atomic E-state index is 9.65. The van der Waals surface area contributed by atoms with Gasteiger partial charge >= 0.3 is 0 Å². The zero-order valence-electron chi connectivity index (χ0n) is 10.3. The molecule has 1 saturated heterocycles. The summed E-state index contributed by atoms with van der Waals surface area (Å²) >= 11 is 0. The Hall–Kier alpha value is -0.120. The highest BCUT2D eigenvalue weighted by atomic mass is 16.5. The second-order valence-corrected chi connectivity index (χ2v) is 5.37. The minimum Gasteiger partial charge on any atom is -0.392 e. The minimum atomic E-state index is -0.228. The molecule has 1 unspecified atom stereocenters. The summed E-state index contributed by atoms with van der Waals surface area (Å²) in [6.45, 7) is 9.83. The molecular formula is C12H25NO2. The third-order valence-corrected chi connectivity index (χ3v) is 3.37. The van der Waals surface area contributed by atoms with Crippen LogP contribution >= 0.6 is 0 Å². The molecular weight excluding hydrogens is 190 g/mol. The lowest BCUT2D eigenvalue weighted by molar-refractivity contribution is 0.0218. The molecule has 3 heteroatoms. The molecule has 0 aliphatic carbocycles. The van der Waals surface area contributed by atoms with E-state index in [0.29, 0.717) is 17.9 Å².